The van der Waals surface area contributed by atoms with Gasteiger partial charge in [0.2, 0.25) is 0 Å². The Morgan fingerprint density at radius 2 is 2.00 bits per heavy atom. The molecule has 0 aromatic carbocycles. The Labute approximate surface area is 117 Å². The van der Waals surface area contributed by atoms with E-state index in [0.717, 1.165) is 49.2 Å². The van der Waals surface area contributed by atoms with E-state index in [2.05, 4.69) is 4.90 Å². The first-order valence-corrected chi connectivity index (χ1v) is 8.64. The highest BCUT2D eigenvalue weighted by molar-refractivity contribution is 8.22. The third-order valence-corrected chi connectivity index (χ3v) is 5.24. The molecule has 0 bridgehead atoms. The van der Waals surface area contributed by atoms with Crippen LogP contribution >= 0.6 is 35.7 Å². The SMILES string of the molecule is S=C(SCCC1OCCCO1)N1CCSCC1. The highest BCUT2D eigenvalue weighted by Gasteiger charge is 2.16. The monoisotopic (exact) mass is 293 g/mol. The Kier molecular flexibility index (Phi) is 6.42. The molecule has 2 fully saturated rings. The lowest BCUT2D eigenvalue weighted by Gasteiger charge is -2.28. The van der Waals surface area contributed by atoms with Crippen LogP contribution in [0.5, 0.6) is 0 Å². The second-order valence-corrected chi connectivity index (χ2v) is 6.98. The number of nitrogens with zero attached hydrogens (tertiary/aromatic N) is 1. The third-order valence-electron chi connectivity index (χ3n) is 2.74. The first kappa shape index (κ1) is 13.9. The number of hydrogen-bond donors (Lipinski definition) is 0. The lowest BCUT2D eigenvalue weighted by molar-refractivity contribution is -0.178. The minimum atomic E-state index is -0.00374. The van der Waals surface area contributed by atoms with Gasteiger partial charge in [-0.05, 0) is 6.42 Å². The summed E-state index contributed by atoms with van der Waals surface area (Å²) in [7, 11) is 0. The standard InChI is InChI=1S/C11H19NO2S3/c15-11(12-3-8-16-9-4-12)17-7-2-10-13-5-1-6-14-10/h10H,1-9H2. The van der Waals surface area contributed by atoms with Crippen molar-refractivity contribution in [2.24, 2.45) is 0 Å². The van der Waals surface area contributed by atoms with Crippen LogP contribution in [0.25, 0.3) is 0 Å². The molecule has 98 valence electrons. The maximum absolute atomic E-state index is 5.51. The van der Waals surface area contributed by atoms with Gasteiger partial charge in [0.05, 0.1) is 13.2 Å². The number of ether oxygens (including phenoxy) is 2. The van der Waals surface area contributed by atoms with Crippen molar-refractivity contribution in [3.63, 3.8) is 0 Å². The van der Waals surface area contributed by atoms with E-state index in [9.17, 15) is 0 Å². The van der Waals surface area contributed by atoms with Crippen LogP contribution in [0.1, 0.15) is 12.8 Å². The van der Waals surface area contributed by atoms with Crippen molar-refractivity contribution >= 4 is 40.1 Å². The van der Waals surface area contributed by atoms with Gasteiger partial charge in [-0.1, -0.05) is 24.0 Å². The second kappa shape index (κ2) is 7.84. The molecular weight excluding hydrogens is 274 g/mol. The van der Waals surface area contributed by atoms with E-state index in [1.54, 1.807) is 11.8 Å². The second-order valence-electron chi connectivity index (χ2n) is 4.03. The molecule has 2 aliphatic rings. The van der Waals surface area contributed by atoms with Crippen LogP contribution in [-0.2, 0) is 9.47 Å². The quantitative estimate of drug-likeness (QED) is 0.739. The Morgan fingerprint density at radius 1 is 1.29 bits per heavy atom. The van der Waals surface area contributed by atoms with Gasteiger partial charge in [0.25, 0.3) is 0 Å². The van der Waals surface area contributed by atoms with Crippen molar-refractivity contribution in [1.29, 1.82) is 0 Å². The molecule has 17 heavy (non-hydrogen) atoms. The summed E-state index contributed by atoms with van der Waals surface area (Å²) in [5, 5.41) is 0. The Bertz CT molecular complexity index is 241. The average molecular weight is 293 g/mol. The van der Waals surface area contributed by atoms with Gasteiger partial charge in [-0.3, -0.25) is 0 Å². The predicted octanol–water partition coefficient (Wildman–Crippen LogP) is 2.21. The van der Waals surface area contributed by atoms with Crippen molar-refractivity contribution in [3.05, 3.63) is 0 Å². The van der Waals surface area contributed by atoms with Crippen LogP contribution in [0.3, 0.4) is 0 Å². The third kappa shape index (κ3) is 4.95. The topological polar surface area (TPSA) is 21.7 Å². The predicted molar refractivity (Wildman–Crippen MR) is 78.9 cm³/mol. The summed E-state index contributed by atoms with van der Waals surface area (Å²) < 4.78 is 12.1. The fourth-order valence-corrected chi connectivity index (χ4v) is 3.97. The molecule has 2 aliphatic heterocycles. The van der Waals surface area contributed by atoms with Gasteiger partial charge in [0.1, 0.15) is 4.32 Å². The van der Waals surface area contributed by atoms with Gasteiger partial charge < -0.3 is 14.4 Å². The molecule has 0 atom stereocenters. The highest BCUT2D eigenvalue weighted by atomic mass is 32.2. The molecule has 3 nitrogen and oxygen atoms in total. The van der Waals surface area contributed by atoms with Crippen molar-refractivity contribution in [3.8, 4) is 0 Å². The fraction of sp³-hybridized carbons (Fsp3) is 0.909. The van der Waals surface area contributed by atoms with Crippen LogP contribution in [0.2, 0.25) is 0 Å². The molecule has 2 rings (SSSR count). The maximum atomic E-state index is 5.51. The van der Waals surface area contributed by atoms with Crippen molar-refractivity contribution < 1.29 is 9.47 Å². The van der Waals surface area contributed by atoms with Crippen LogP contribution in [-0.4, -0.2) is 59.1 Å². The molecule has 0 unspecified atom stereocenters. The largest absolute Gasteiger partial charge is 0.356 e. The van der Waals surface area contributed by atoms with Gasteiger partial charge in [0.15, 0.2) is 6.29 Å². The summed E-state index contributed by atoms with van der Waals surface area (Å²) in [6.07, 6.45) is 1.96. The Hall–Kier alpha value is 0.510. The maximum Gasteiger partial charge on any atom is 0.158 e. The van der Waals surface area contributed by atoms with Gasteiger partial charge in [-0.2, -0.15) is 11.8 Å². The Morgan fingerprint density at radius 3 is 2.71 bits per heavy atom. The first-order valence-electron chi connectivity index (χ1n) is 6.09. The fourth-order valence-electron chi connectivity index (χ4n) is 1.78. The molecule has 6 heteroatoms. The summed E-state index contributed by atoms with van der Waals surface area (Å²) in [5.41, 5.74) is 0. The van der Waals surface area contributed by atoms with Crippen LogP contribution in [0.15, 0.2) is 0 Å². The van der Waals surface area contributed by atoms with Gasteiger partial charge in [0, 0.05) is 36.8 Å². The molecular formula is C11H19NO2S3. The van der Waals surface area contributed by atoms with E-state index in [-0.39, 0.29) is 6.29 Å². The number of hydrogen-bond acceptors (Lipinski definition) is 5. The van der Waals surface area contributed by atoms with E-state index in [0.29, 0.717) is 0 Å². The van der Waals surface area contributed by atoms with E-state index in [1.165, 1.54) is 11.5 Å². The number of rotatable bonds is 3. The molecule has 0 saturated carbocycles. The smallest absolute Gasteiger partial charge is 0.158 e. The summed E-state index contributed by atoms with van der Waals surface area (Å²) >= 11 is 9.22. The summed E-state index contributed by atoms with van der Waals surface area (Å²) in [6.45, 7) is 3.88. The van der Waals surface area contributed by atoms with E-state index >= 15 is 0 Å². The van der Waals surface area contributed by atoms with Crippen LogP contribution < -0.4 is 0 Å². The average Bonchev–Trinajstić information content (AvgIpc) is 2.41. The molecule has 0 amide bonds. The minimum Gasteiger partial charge on any atom is -0.356 e. The van der Waals surface area contributed by atoms with Gasteiger partial charge in [-0.25, -0.2) is 0 Å². The van der Waals surface area contributed by atoms with Crippen LogP contribution in [0, 0.1) is 0 Å². The molecule has 0 aromatic heterocycles. The lowest BCUT2D eigenvalue weighted by atomic mass is 10.4. The van der Waals surface area contributed by atoms with E-state index < -0.39 is 0 Å². The van der Waals surface area contributed by atoms with Crippen molar-refractivity contribution in [2.75, 3.05) is 43.6 Å². The Balaban J connectivity index is 1.58. The normalized spacial score (nSPS) is 22.7. The molecule has 0 spiro atoms. The summed E-state index contributed by atoms with van der Waals surface area (Å²) in [5.74, 6) is 3.40. The van der Waals surface area contributed by atoms with Crippen molar-refractivity contribution in [1.82, 2.24) is 4.90 Å². The summed E-state index contributed by atoms with van der Waals surface area (Å²) in [6, 6.07) is 0. The number of thiocarbonyl (C=S) groups is 1. The zero-order chi connectivity index (χ0) is 11.9. The zero-order valence-electron chi connectivity index (χ0n) is 9.93. The molecule has 0 radical (unpaired) electrons. The minimum absolute atomic E-state index is 0.00374. The molecule has 2 heterocycles. The molecule has 2 saturated heterocycles. The zero-order valence-corrected chi connectivity index (χ0v) is 12.4. The van der Waals surface area contributed by atoms with Crippen molar-refractivity contribution in [2.45, 2.75) is 19.1 Å². The van der Waals surface area contributed by atoms with E-state index in [4.69, 9.17) is 21.7 Å². The molecule has 0 N–H and O–H groups in total. The molecule has 0 aromatic rings. The first-order chi connectivity index (χ1) is 8.36. The van der Waals surface area contributed by atoms with Gasteiger partial charge >= 0.3 is 0 Å². The highest BCUT2D eigenvalue weighted by Crippen LogP contribution is 2.18. The lowest BCUT2D eigenvalue weighted by Crippen LogP contribution is -2.35. The van der Waals surface area contributed by atoms with Crippen LogP contribution in [0.4, 0.5) is 0 Å². The van der Waals surface area contributed by atoms with Gasteiger partial charge in [-0.15, -0.1) is 0 Å². The van der Waals surface area contributed by atoms with E-state index in [1.807, 2.05) is 11.8 Å². The molecule has 0 aliphatic carbocycles. The summed E-state index contributed by atoms with van der Waals surface area (Å²) in [4.78, 5) is 2.32. The number of thioether (sulfide) groups is 2.